The van der Waals surface area contributed by atoms with Gasteiger partial charge < -0.3 is 9.80 Å². The van der Waals surface area contributed by atoms with Crippen LogP contribution in [-0.2, 0) is 16.1 Å². The van der Waals surface area contributed by atoms with E-state index in [0.29, 0.717) is 17.3 Å². The van der Waals surface area contributed by atoms with E-state index >= 15 is 0 Å². The van der Waals surface area contributed by atoms with Crippen LogP contribution in [0.1, 0.15) is 31.1 Å². The molecule has 2 saturated heterocycles. The molecule has 0 N–H and O–H groups in total. The van der Waals surface area contributed by atoms with Gasteiger partial charge in [0.25, 0.3) is 0 Å². The summed E-state index contributed by atoms with van der Waals surface area (Å²) in [4.78, 5) is 29.7. The average molecular weight is 313 g/mol. The van der Waals surface area contributed by atoms with Gasteiger partial charge >= 0.3 is 0 Å². The van der Waals surface area contributed by atoms with Crippen molar-refractivity contribution >= 4 is 34.8 Å². The molecule has 0 aromatic carbocycles. The van der Waals surface area contributed by atoms with Gasteiger partial charge in [0.05, 0.1) is 10.9 Å². The Morgan fingerprint density at radius 3 is 2.80 bits per heavy atom. The van der Waals surface area contributed by atoms with Gasteiger partial charge in [-0.15, -0.1) is 11.3 Å². The zero-order valence-electron chi connectivity index (χ0n) is 11.3. The molecule has 2 unspecified atom stereocenters. The highest BCUT2D eigenvalue weighted by atomic mass is 35.5. The highest BCUT2D eigenvalue weighted by Gasteiger charge is 2.46. The summed E-state index contributed by atoms with van der Waals surface area (Å²) in [6.07, 6.45) is 2.38. The van der Waals surface area contributed by atoms with E-state index in [4.69, 9.17) is 11.6 Å². The largest absolute Gasteiger partial charge is 0.329 e. The lowest BCUT2D eigenvalue weighted by Crippen LogP contribution is -2.62. The van der Waals surface area contributed by atoms with Gasteiger partial charge in [-0.2, -0.15) is 0 Å². The number of halogens is 1. The van der Waals surface area contributed by atoms with Gasteiger partial charge in [0, 0.05) is 11.4 Å². The molecule has 2 aliphatic heterocycles. The first-order valence-electron chi connectivity index (χ1n) is 6.97. The minimum Gasteiger partial charge on any atom is -0.329 e. The summed E-state index contributed by atoms with van der Waals surface area (Å²) in [6.45, 7) is 3.18. The summed E-state index contributed by atoms with van der Waals surface area (Å²) in [5.74, 6) is 0.204. The third-order valence-electron chi connectivity index (χ3n) is 4.11. The highest BCUT2D eigenvalue weighted by Crippen LogP contribution is 2.31. The van der Waals surface area contributed by atoms with Crippen molar-refractivity contribution in [2.75, 3.05) is 6.54 Å². The molecule has 108 valence electrons. The quantitative estimate of drug-likeness (QED) is 0.860. The second-order valence-corrected chi connectivity index (χ2v) is 7.09. The molecule has 4 nitrogen and oxygen atoms in total. The molecule has 2 aliphatic rings. The molecule has 0 bridgehead atoms. The molecule has 20 heavy (non-hydrogen) atoms. The molecule has 1 aromatic rings. The van der Waals surface area contributed by atoms with Gasteiger partial charge in [0.15, 0.2) is 0 Å². The van der Waals surface area contributed by atoms with E-state index in [1.54, 1.807) is 9.80 Å². The number of amides is 2. The predicted molar refractivity (Wildman–Crippen MR) is 78.7 cm³/mol. The Bertz CT molecular complexity index is 545. The molecule has 2 atom stereocenters. The third-order valence-corrected chi connectivity index (χ3v) is 5.32. The predicted octanol–water partition coefficient (Wildman–Crippen LogP) is 2.51. The van der Waals surface area contributed by atoms with Crippen LogP contribution in [-0.4, -0.2) is 40.2 Å². The van der Waals surface area contributed by atoms with Crippen LogP contribution < -0.4 is 0 Å². The second-order valence-electron chi connectivity index (χ2n) is 5.29. The first-order valence-corrected chi connectivity index (χ1v) is 8.16. The molecule has 2 fully saturated rings. The van der Waals surface area contributed by atoms with Crippen molar-refractivity contribution in [2.24, 2.45) is 0 Å². The van der Waals surface area contributed by atoms with Gasteiger partial charge in [-0.05, 0) is 31.4 Å². The van der Waals surface area contributed by atoms with Crippen molar-refractivity contribution in [3.63, 3.8) is 0 Å². The Labute approximate surface area is 127 Å². The van der Waals surface area contributed by atoms with Crippen molar-refractivity contribution in [2.45, 2.75) is 44.8 Å². The van der Waals surface area contributed by atoms with Gasteiger partial charge in [0.2, 0.25) is 11.8 Å². The average Bonchev–Trinajstić information content (AvgIpc) is 3.05. The zero-order valence-corrected chi connectivity index (χ0v) is 12.9. The highest BCUT2D eigenvalue weighted by molar-refractivity contribution is 7.16. The van der Waals surface area contributed by atoms with Crippen LogP contribution in [0.2, 0.25) is 4.34 Å². The standard InChI is InChI=1S/C14H17ClN2O2S/c1-2-10-13(18)16-7-3-4-11(16)14(19)17(10)8-9-5-6-12(15)20-9/h5-6,10-11H,2-4,7-8H2,1H3. The van der Waals surface area contributed by atoms with Crippen molar-refractivity contribution < 1.29 is 9.59 Å². The van der Waals surface area contributed by atoms with Crippen LogP contribution >= 0.6 is 22.9 Å². The summed E-state index contributed by atoms with van der Waals surface area (Å²) < 4.78 is 0.714. The van der Waals surface area contributed by atoms with Crippen molar-refractivity contribution in [3.05, 3.63) is 21.3 Å². The minimum absolute atomic E-state index is 0.0958. The maximum atomic E-state index is 12.6. The molecule has 3 rings (SSSR count). The summed E-state index contributed by atoms with van der Waals surface area (Å²) >= 11 is 7.41. The number of thiophene rings is 1. The zero-order chi connectivity index (χ0) is 14.3. The number of nitrogens with zero attached hydrogens (tertiary/aromatic N) is 2. The Kier molecular flexibility index (Phi) is 3.73. The summed E-state index contributed by atoms with van der Waals surface area (Å²) in [5.41, 5.74) is 0. The fourth-order valence-corrected chi connectivity index (χ4v) is 4.23. The van der Waals surface area contributed by atoms with E-state index in [1.165, 1.54) is 11.3 Å². The first-order chi connectivity index (χ1) is 9.61. The fourth-order valence-electron chi connectivity index (χ4n) is 3.14. The van der Waals surface area contributed by atoms with E-state index in [2.05, 4.69) is 0 Å². The van der Waals surface area contributed by atoms with Crippen molar-refractivity contribution in [1.29, 1.82) is 0 Å². The lowest BCUT2D eigenvalue weighted by molar-refractivity contribution is -0.160. The van der Waals surface area contributed by atoms with E-state index in [-0.39, 0.29) is 23.9 Å². The van der Waals surface area contributed by atoms with E-state index in [9.17, 15) is 9.59 Å². The molecule has 1 aromatic heterocycles. The number of hydrogen-bond acceptors (Lipinski definition) is 3. The van der Waals surface area contributed by atoms with Crippen LogP contribution in [0.3, 0.4) is 0 Å². The number of piperazine rings is 1. The molecule has 0 radical (unpaired) electrons. The number of fused-ring (bicyclic) bond motifs is 1. The van der Waals surface area contributed by atoms with E-state index < -0.39 is 0 Å². The fraction of sp³-hybridized carbons (Fsp3) is 0.571. The van der Waals surface area contributed by atoms with Crippen molar-refractivity contribution in [1.82, 2.24) is 9.80 Å². The molecule has 2 amide bonds. The van der Waals surface area contributed by atoms with Crippen LogP contribution in [0.15, 0.2) is 12.1 Å². The molecular formula is C14H17ClN2O2S. The lowest BCUT2D eigenvalue weighted by atomic mass is 10.0. The molecule has 0 saturated carbocycles. The van der Waals surface area contributed by atoms with E-state index in [0.717, 1.165) is 24.3 Å². The maximum absolute atomic E-state index is 12.6. The topological polar surface area (TPSA) is 40.6 Å². The molecular weight excluding hydrogens is 296 g/mol. The maximum Gasteiger partial charge on any atom is 0.246 e. The number of carbonyl (C=O) groups is 2. The number of hydrogen-bond donors (Lipinski definition) is 0. The van der Waals surface area contributed by atoms with Gasteiger partial charge in [-0.1, -0.05) is 18.5 Å². The Morgan fingerprint density at radius 2 is 2.15 bits per heavy atom. The van der Waals surface area contributed by atoms with Crippen LogP contribution in [0, 0.1) is 0 Å². The number of carbonyl (C=O) groups excluding carboxylic acids is 2. The summed E-state index contributed by atoms with van der Waals surface area (Å²) in [5, 5.41) is 0. The van der Waals surface area contributed by atoms with Crippen molar-refractivity contribution in [3.8, 4) is 0 Å². The molecule has 0 spiro atoms. The summed E-state index contributed by atoms with van der Waals surface area (Å²) in [7, 11) is 0. The first kappa shape index (κ1) is 13.9. The van der Waals surface area contributed by atoms with Gasteiger partial charge in [-0.3, -0.25) is 9.59 Å². The van der Waals surface area contributed by atoms with Crippen LogP contribution in [0.25, 0.3) is 0 Å². The monoisotopic (exact) mass is 312 g/mol. The number of rotatable bonds is 3. The van der Waals surface area contributed by atoms with E-state index in [1.807, 2.05) is 19.1 Å². The minimum atomic E-state index is -0.322. The third kappa shape index (κ3) is 2.23. The van der Waals surface area contributed by atoms with Crippen LogP contribution in [0.5, 0.6) is 0 Å². The lowest BCUT2D eigenvalue weighted by Gasteiger charge is -2.41. The SMILES string of the molecule is CCC1C(=O)N2CCCC2C(=O)N1Cc1ccc(Cl)s1. The second kappa shape index (κ2) is 5.37. The Morgan fingerprint density at radius 1 is 1.35 bits per heavy atom. The van der Waals surface area contributed by atoms with Gasteiger partial charge in [-0.25, -0.2) is 0 Å². The van der Waals surface area contributed by atoms with Gasteiger partial charge in [0.1, 0.15) is 12.1 Å². The van der Waals surface area contributed by atoms with Crippen LogP contribution in [0.4, 0.5) is 0 Å². The normalized spacial score (nSPS) is 26.3. The molecule has 0 aliphatic carbocycles. The Balaban J connectivity index is 1.86. The summed E-state index contributed by atoms with van der Waals surface area (Å²) in [6, 6.07) is 3.21. The molecule has 6 heteroatoms. The molecule has 3 heterocycles. The smallest absolute Gasteiger partial charge is 0.246 e. The Hall–Kier alpha value is -1.07.